The van der Waals surface area contributed by atoms with Gasteiger partial charge in [-0.3, -0.25) is 9.69 Å². The molecule has 0 unspecified atom stereocenters. The number of aliphatic hydroxyl groups excluding tert-OH is 1. The number of aliphatic hydroxyl groups is 1. The van der Waals surface area contributed by atoms with Crippen LogP contribution in [0.3, 0.4) is 0 Å². The van der Waals surface area contributed by atoms with Crippen LogP contribution in [0.5, 0.6) is 0 Å². The summed E-state index contributed by atoms with van der Waals surface area (Å²) in [6.07, 6.45) is 11.3. The van der Waals surface area contributed by atoms with Crippen molar-refractivity contribution in [3.8, 4) is 0 Å². The van der Waals surface area contributed by atoms with E-state index in [-0.39, 0.29) is 18.6 Å². The molecule has 0 bridgehead atoms. The Bertz CT molecular complexity index is 290. The SMILES string of the molecule is O=C(CN1CCCC[C@@H]1CO)NCCC1CCCCC1. The second kappa shape index (κ2) is 8.63. The molecule has 1 atom stereocenters. The van der Waals surface area contributed by atoms with Gasteiger partial charge in [-0.1, -0.05) is 38.5 Å². The van der Waals surface area contributed by atoms with Crippen molar-refractivity contribution >= 4 is 5.91 Å². The van der Waals surface area contributed by atoms with Crippen LogP contribution in [-0.4, -0.2) is 48.2 Å². The molecule has 1 aliphatic heterocycles. The van der Waals surface area contributed by atoms with E-state index < -0.39 is 0 Å². The molecule has 0 radical (unpaired) electrons. The van der Waals surface area contributed by atoms with E-state index in [2.05, 4.69) is 10.2 Å². The fourth-order valence-electron chi connectivity index (χ4n) is 3.61. The van der Waals surface area contributed by atoms with Crippen LogP contribution in [0.2, 0.25) is 0 Å². The van der Waals surface area contributed by atoms with E-state index in [4.69, 9.17) is 0 Å². The molecule has 1 saturated heterocycles. The molecule has 2 rings (SSSR count). The smallest absolute Gasteiger partial charge is 0.234 e. The fraction of sp³-hybridized carbons (Fsp3) is 0.938. The minimum atomic E-state index is 0.126. The zero-order valence-corrected chi connectivity index (χ0v) is 12.6. The van der Waals surface area contributed by atoms with E-state index in [9.17, 15) is 9.90 Å². The predicted octanol–water partition coefficient (Wildman–Crippen LogP) is 1.92. The maximum absolute atomic E-state index is 12.0. The Morgan fingerprint density at radius 2 is 1.85 bits per heavy atom. The number of rotatable bonds is 6. The Kier molecular flexibility index (Phi) is 6.80. The highest BCUT2D eigenvalue weighted by Crippen LogP contribution is 2.25. The van der Waals surface area contributed by atoms with Crippen LogP contribution in [-0.2, 0) is 4.79 Å². The van der Waals surface area contributed by atoms with E-state index in [1.54, 1.807) is 0 Å². The summed E-state index contributed by atoms with van der Waals surface area (Å²) in [4.78, 5) is 14.1. The summed E-state index contributed by atoms with van der Waals surface area (Å²) in [6.45, 7) is 2.40. The molecule has 2 N–H and O–H groups in total. The van der Waals surface area contributed by atoms with E-state index in [0.29, 0.717) is 6.54 Å². The lowest BCUT2D eigenvalue weighted by Crippen LogP contribution is -2.47. The number of carbonyl (C=O) groups excluding carboxylic acids is 1. The van der Waals surface area contributed by atoms with Crippen LogP contribution in [0, 0.1) is 5.92 Å². The van der Waals surface area contributed by atoms with Gasteiger partial charge in [0.2, 0.25) is 5.91 Å². The van der Waals surface area contributed by atoms with E-state index in [1.165, 1.54) is 38.5 Å². The lowest BCUT2D eigenvalue weighted by Gasteiger charge is -2.33. The van der Waals surface area contributed by atoms with Crippen molar-refractivity contribution in [2.75, 3.05) is 26.2 Å². The summed E-state index contributed by atoms with van der Waals surface area (Å²) < 4.78 is 0. The van der Waals surface area contributed by atoms with Crippen molar-refractivity contribution < 1.29 is 9.90 Å². The molecule has 4 heteroatoms. The number of nitrogens with one attached hydrogen (secondary N) is 1. The van der Waals surface area contributed by atoms with Crippen LogP contribution < -0.4 is 5.32 Å². The lowest BCUT2D eigenvalue weighted by molar-refractivity contribution is -0.123. The Hall–Kier alpha value is -0.610. The van der Waals surface area contributed by atoms with Crippen molar-refractivity contribution in [1.82, 2.24) is 10.2 Å². The average molecular weight is 282 g/mol. The highest BCUT2D eigenvalue weighted by atomic mass is 16.3. The van der Waals surface area contributed by atoms with E-state index >= 15 is 0 Å². The summed E-state index contributed by atoms with van der Waals surface area (Å²) >= 11 is 0. The third-order valence-corrected chi connectivity index (χ3v) is 4.91. The summed E-state index contributed by atoms with van der Waals surface area (Å²) in [6, 6.07) is 0.188. The Labute approximate surface area is 122 Å². The molecule has 0 spiro atoms. The molecule has 4 nitrogen and oxygen atoms in total. The Morgan fingerprint density at radius 1 is 1.10 bits per heavy atom. The molecule has 1 saturated carbocycles. The normalized spacial score (nSPS) is 25.6. The zero-order valence-electron chi connectivity index (χ0n) is 12.6. The number of likely N-dealkylation sites (tertiary alicyclic amines) is 1. The van der Waals surface area contributed by atoms with Gasteiger partial charge in [0, 0.05) is 12.6 Å². The topological polar surface area (TPSA) is 52.6 Å². The molecular weight excluding hydrogens is 252 g/mol. The van der Waals surface area contributed by atoms with Crippen LogP contribution in [0.15, 0.2) is 0 Å². The summed E-state index contributed by atoms with van der Waals surface area (Å²) in [7, 11) is 0. The van der Waals surface area contributed by atoms with Crippen molar-refractivity contribution in [3.63, 3.8) is 0 Å². The quantitative estimate of drug-likeness (QED) is 0.782. The molecule has 20 heavy (non-hydrogen) atoms. The standard InChI is InChI=1S/C16H30N2O2/c19-13-15-8-4-5-11-18(15)12-16(20)17-10-9-14-6-2-1-3-7-14/h14-15,19H,1-13H2,(H,17,20)/t15-/m1/s1. The van der Waals surface area contributed by atoms with Gasteiger partial charge in [-0.15, -0.1) is 0 Å². The number of piperidine rings is 1. The molecule has 0 aromatic carbocycles. The summed E-state index contributed by atoms with van der Waals surface area (Å²) in [5.74, 6) is 0.949. The van der Waals surface area contributed by atoms with Gasteiger partial charge in [-0.05, 0) is 31.7 Å². The number of hydrogen-bond donors (Lipinski definition) is 2. The molecule has 116 valence electrons. The third-order valence-electron chi connectivity index (χ3n) is 4.91. The highest BCUT2D eigenvalue weighted by Gasteiger charge is 2.23. The van der Waals surface area contributed by atoms with Crippen molar-refractivity contribution in [2.45, 2.75) is 63.8 Å². The molecule has 2 fully saturated rings. The first-order chi connectivity index (χ1) is 9.79. The first-order valence-electron chi connectivity index (χ1n) is 8.41. The molecule has 1 amide bonds. The third kappa shape index (κ3) is 5.06. The predicted molar refractivity (Wildman–Crippen MR) is 80.5 cm³/mol. The molecule has 1 aliphatic carbocycles. The van der Waals surface area contributed by atoms with Gasteiger partial charge in [-0.25, -0.2) is 0 Å². The number of hydrogen-bond acceptors (Lipinski definition) is 3. The zero-order chi connectivity index (χ0) is 14.2. The molecule has 2 aliphatic rings. The van der Waals surface area contributed by atoms with Gasteiger partial charge >= 0.3 is 0 Å². The van der Waals surface area contributed by atoms with Crippen LogP contribution in [0.1, 0.15) is 57.8 Å². The minimum Gasteiger partial charge on any atom is -0.395 e. The monoisotopic (exact) mass is 282 g/mol. The van der Waals surface area contributed by atoms with Crippen LogP contribution in [0.4, 0.5) is 0 Å². The largest absolute Gasteiger partial charge is 0.395 e. The molecule has 1 heterocycles. The number of nitrogens with zero attached hydrogens (tertiary/aromatic N) is 1. The lowest BCUT2D eigenvalue weighted by atomic mass is 9.87. The first kappa shape index (κ1) is 15.8. The first-order valence-corrected chi connectivity index (χ1v) is 8.41. The second-order valence-electron chi connectivity index (χ2n) is 6.45. The minimum absolute atomic E-state index is 0.126. The van der Waals surface area contributed by atoms with Crippen LogP contribution in [0.25, 0.3) is 0 Å². The maximum atomic E-state index is 12.0. The average Bonchev–Trinajstić information content (AvgIpc) is 2.49. The van der Waals surface area contributed by atoms with Gasteiger partial charge in [0.1, 0.15) is 0 Å². The van der Waals surface area contributed by atoms with Crippen molar-refractivity contribution in [3.05, 3.63) is 0 Å². The second-order valence-corrected chi connectivity index (χ2v) is 6.45. The van der Waals surface area contributed by atoms with Gasteiger partial charge in [0.25, 0.3) is 0 Å². The van der Waals surface area contributed by atoms with Gasteiger partial charge < -0.3 is 10.4 Å². The number of carbonyl (C=O) groups is 1. The molecule has 0 aromatic heterocycles. The van der Waals surface area contributed by atoms with Crippen molar-refractivity contribution in [2.24, 2.45) is 5.92 Å². The maximum Gasteiger partial charge on any atom is 0.234 e. The highest BCUT2D eigenvalue weighted by molar-refractivity contribution is 5.78. The van der Waals surface area contributed by atoms with Gasteiger partial charge in [-0.2, -0.15) is 0 Å². The summed E-state index contributed by atoms with van der Waals surface area (Å²) in [5.41, 5.74) is 0. The Morgan fingerprint density at radius 3 is 2.60 bits per heavy atom. The van der Waals surface area contributed by atoms with Gasteiger partial charge in [0.05, 0.1) is 13.2 Å². The Balaban J connectivity index is 1.61. The van der Waals surface area contributed by atoms with Gasteiger partial charge in [0.15, 0.2) is 0 Å². The number of amides is 1. The molecule has 0 aromatic rings. The molecular formula is C16H30N2O2. The van der Waals surface area contributed by atoms with Crippen molar-refractivity contribution in [1.29, 1.82) is 0 Å². The van der Waals surface area contributed by atoms with Crippen LogP contribution >= 0.6 is 0 Å². The summed E-state index contributed by atoms with van der Waals surface area (Å²) in [5, 5.41) is 12.4. The van der Waals surface area contributed by atoms with E-state index in [1.807, 2.05) is 0 Å². The van der Waals surface area contributed by atoms with E-state index in [0.717, 1.165) is 38.3 Å². The fourth-order valence-corrected chi connectivity index (χ4v) is 3.61.